The molecule has 1 aromatic heterocycles. The highest BCUT2D eigenvalue weighted by atomic mass is 32.1. The van der Waals surface area contributed by atoms with Crippen LogP contribution in [0.25, 0.3) is 5.76 Å². The molecule has 0 saturated carbocycles. The second kappa shape index (κ2) is 8.05. The quantitative estimate of drug-likeness (QED) is 0.359. The van der Waals surface area contributed by atoms with E-state index < -0.39 is 17.7 Å². The summed E-state index contributed by atoms with van der Waals surface area (Å²) in [6.07, 6.45) is 0. The van der Waals surface area contributed by atoms with Crippen molar-refractivity contribution in [2.75, 3.05) is 13.9 Å². The molecule has 1 atom stereocenters. The summed E-state index contributed by atoms with van der Waals surface area (Å²) in [5.74, 6) is 0.0810. The summed E-state index contributed by atoms with van der Waals surface area (Å²) >= 11 is 1.42. The van der Waals surface area contributed by atoms with E-state index >= 15 is 0 Å². The third-order valence-electron chi connectivity index (χ3n) is 5.49. The van der Waals surface area contributed by atoms with Gasteiger partial charge in [0, 0.05) is 17.0 Å². The normalized spacial score (nSPS) is 18.9. The van der Waals surface area contributed by atoms with E-state index in [1.165, 1.54) is 16.2 Å². The molecule has 1 fully saturated rings. The van der Waals surface area contributed by atoms with E-state index in [4.69, 9.17) is 14.2 Å². The van der Waals surface area contributed by atoms with Crippen molar-refractivity contribution in [1.82, 2.24) is 4.90 Å². The van der Waals surface area contributed by atoms with E-state index in [-0.39, 0.29) is 24.7 Å². The number of thiophene rings is 1. The number of aliphatic hydroxyl groups excluding tert-OH is 1. The summed E-state index contributed by atoms with van der Waals surface area (Å²) in [7, 11) is 1.57. The van der Waals surface area contributed by atoms with E-state index in [0.717, 1.165) is 10.4 Å². The molecule has 2 aliphatic rings. The van der Waals surface area contributed by atoms with Gasteiger partial charge < -0.3 is 24.2 Å². The zero-order valence-corrected chi connectivity index (χ0v) is 17.9. The van der Waals surface area contributed by atoms with Gasteiger partial charge in [-0.05, 0) is 47.3 Å². The number of nitrogens with zero attached hydrogens (tertiary/aromatic N) is 1. The smallest absolute Gasteiger partial charge is 0.295 e. The Kier molecular flexibility index (Phi) is 5.07. The number of ether oxygens (including phenoxy) is 3. The van der Waals surface area contributed by atoms with Gasteiger partial charge in [0.05, 0.1) is 18.7 Å². The van der Waals surface area contributed by atoms with Gasteiger partial charge in [-0.3, -0.25) is 9.59 Å². The molecule has 0 spiro atoms. The first kappa shape index (κ1) is 20.1. The van der Waals surface area contributed by atoms with Gasteiger partial charge in [0.25, 0.3) is 11.7 Å². The van der Waals surface area contributed by atoms with Crippen molar-refractivity contribution in [3.05, 3.63) is 81.6 Å². The van der Waals surface area contributed by atoms with E-state index in [9.17, 15) is 14.7 Å². The first-order valence-electron chi connectivity index (χ1n) is 9.91. The van der Waals surface area contributed by atoms with Crippen molar-refractivity contribution in [3.63, 3.8) is 0 Å². The summed E-state index contributed by atoms with van der Waals surface area (Å²) < 4.78 is 16.0. The molecule has 0 radical (unpaired) electrons. The minimum Gasteiger partial charge on any atom is -0.507 e. The highest BCUT2D eigenvalue weighted by molar-refractivity contribution is 7.10. The number of ketones is 1. The monoisotopic (exact) mass is 449 g/mol. The molecule has 7 nitrogen and oxygen atoms in total. The number of methoxy groups -OCH3 is 1. The molecule has 2 aliphatic heterocycles. The molecule has 32 heavy (non-hydrogen) atoms. The maximum absolute atomic E-state index is 13.1. The average molecular weight is 449 g/mol. The summed E-state index contributed by atoms with van der Waals surface area (Å²) in [6, 6.07) is 15.3. The number of amides is 1. The lowest BCUT2D eigenvalue weighted by molar-refractivity contribution is -0.140. The Morgan fingerprint density at radius 3 is 2.75 bits per heavy atom. The minimum absolute atomic E-state index is 0.0548. The van der Waals surface area contributed by atoms with E-state index in [1.807, 2.05) is 41.8 Å². The van der Waals surface area contributed by atoms with E-state index in [0.29, 0.717) is 22.8 Å². The number of Topliss-reactive ketones (excluding diaryl/α,β-unsaturated/α-hetero) is 1. The predicted octanol–water partition coefficient (Wildman–Crippen LogP) is 4.11. The lowest BCUT2D eigenvalue weighted by Crippen LogP contribution is -2.28. The number of fused-ring (bicyclic) bond motifs is 1. The van der Waals surface area contributed by atoms with Crippen LogP contribution in [0.4, 0.5) is 0 Å². The Hall–Kier alpha value is -3.78. The number of carbonyl (C=O) groups is 2. The summed E-state index contributed by atoms with van der Waals surface area (Å²) in [4.78, 5) is 28.4. The number of carbonyl (C=O) groups excluding carboxylic acids is 2. The molecule has 3 heterocycles. The standard InChI is InChI=1S/C24H19NO6S/c1-29-16-5-2-4-14(10-16)12-25-21(19-6-3-9-32-19)20(23(27)24(25)28)22(26)15-7-8-17-18(11-15)31-13-30-17/h2-11,21,26H,12-13H2,1H3/b22-20-. The van der Waals surface area contributed by atoms with Crippen LogP contribution in [0.3, 0.4) is 0 Å². The van der Waals surface area contributed by atoms with Crippen LogP contribution in [0, 0.1) is 0 Å². The van der Waals surface area contributed by atoms with Crippen molar-refractivity contribution < 1.29 is 28.9 Å². The fraction of sp³-hybridized carbons (Fsp3) is 0.167. The van der Waals surface area contributed by atoms with Gasteiger partial charge in [-0.2, -0.15) is 0 Å². The fourth-order valence-corrected chi connectivity index (χ4v) is 4.80. The SMILES string of the molecule is COc1cccc(CN2C(=O)C(=O)/C(=C(\O)c3ccc4c(c3)OCO4)C2c2cccs2)c1. The highest BCUT2D eigenvalue weighted by Gasteiger charge is 2.46. The lowest BCUT2D eigenvalue weighted by Gasteiger charge is -2.24. The topological polar surface area (TPSA) is 85.3 Å². The van der Waals surface area contributed by atoms with Gasteiger partial charge in [0.2, 0.25) is 6.79 Å². The summed E-state index contributed by atoms with van der Waals surface area (Å²) in [6.45, 7) is 0.294. The predicted molar refractivity (Wildman–Crippen MR) is 118 cm³/mol. The van der Waals surface area contributed by atoms with Gasteiger partial charge in [-0.15, -0.1) is 11.3 Å². The molecule has 162 valence electrons. The van der Waals surface area contributed by atoms with Gasteiger partial charge in [0.1, 0.15) is 11.5 Å². The minimum atomic E-state index is -0.721. The molecule has 1 N–H and O–H groups in total. The van der Waals surface area contributed by atoms with Gasteiger partial charge in [-0.1, -0.05) is 18.2 Å². The van der Waals surface area contributed by atoms with Crippen molar-refractivity contribution >= 4 is 28.8 Å². The molecule has 1 unspecified atom stereocenters. The molecule has 2 aromatic carbocycles. The maximum Gasteiger partial charge on any atom is 0.295 e. The Balaban J connectivity index is 1.59. The van der Waals surface area contributed by atoms with Crippen molar-refractivity contribution in [3.8, 4) is 17.2 Å². The summed E-state index contributed by atoms with van der Waals surface area (Å²) in [5.41, 5.74) is 1.25. The van der Waals surface area contributed by atoms with Crippen LogP contribution in [0.1, 0.15) is 22.0 Å². The number of aliphatic hydroxyl groups is 1. The molecule has 1 saturated heterocycles. The highest BCUT2D eigenvalue weighted by Crippen LogP contribution is 2.43. The van der Waals surface area contributed by atoms with Gasteiger partial charge in [0.15, 0.2) is 11.5 Å². The Morgan fingerprint density at radius 2 is 1.97 bits per heavy atom. The fourth-order valence-electron chi connectivity index (χ4n) is 3.95. The Morgan fingerprint density at radius 1 is 1.12 bits per heavy atom. The molecular weight excluding hydrogens is 430 g/mol. The largest absolute Gasteiger partial charge is 0.507 e. The first-order chi connectivity index (χ1) is 15.6. The molecule has 1 amide bonds. The maximum atomic E-state index is 13.1. The Bertz CT molecular complexity index is 1230. The second-order valence-electron chi connectivity index (χ2n) is 7.36. The third kappa shape index (κ3) is 3.38. The van der Waals surface area contributed by atoms with Crippen LogP contribution in [0.2, 0.25) is 0 Å². The zero-order chi connectivity index (χ0) is 22.2. The summed E-state index contributed by atoms with van der Waals surface area (Å²) in [5, 5.41) is 13.0. The molecule has 8 heteroatoms. The molecule has 5 rings (SSSR count). The van der Waals surface area contributed by atoms with E-state index in [1.54, 1.807) is 25.3 Å². The number of benzene rings is 2. The van der Waals surface area contributed by atoms with Crippen LogP contribution < -0.4 is 14.2 Å². The van der Waals surface area contributed by atoms with Crippen LogP contribution in [0.5, 0.6) is 17.2 Å². The van der Waals surface area contributed by atoms with Crippen molar-refractivity contribution in [2.24, 2.45) is 0 Å². The second-order valence-corrected chi connectivity index (χ2v) is 8.34. The number of likely N-dealkylation sites (tertiary alicyclic amines) is 1. The molecule has 0 bridgehead atoms. The Labute approximate surface area is 188 Å². The average Bonchev–Trinajstić information content (AvgIpc) is 3.55. The molecular formula is C24H19NO6S. The van der Waals surface area contributed by atoms with Gasteiger partial charge >= 0.3 is 0 Å². The third-order valence-corrected chi connectivity index (χ3v) is 6.41. The molecule has 3 aromatic rings. The van der Waals surface area contributed by atoms with Crippen LogP contribution >= 0.6 is 11.3 Å². The zero-order valence-electron chi connectivity index (χ0n) is 17.1. The van der Waals surface area contributed by atoms with Crippen LogP contribution in [-0.2, 0) is 16.1 Å². The lowest BCUT2D eigenvalue weighted by atomic mass is 9.99. The molecule has 0 aliphatic carbocycles. The number of hydrogen-bond donors (Lipinski definition) is 1. The number of rotatable bonds is 5. The first-order valence-corrected chi connectivity index (χ1v) is 10.8. The number of hydrogen-bond acceptors (Lipinski definition) is 7. The van der Waals surface area contributed by atoms with Crippen molar-refractivity contribution in [2.45, 2.75) is 12.6 Å². The van der Waals surface area contributed by atoms with Crippen LogP contribution in [-0.4, -0.2) is 35.6 Å². The van der Waals surface area contributed by atoms with Crippen LogP contribution in [0.15, 0.2) is 65.6 Å². The van der Waals surface area contributed by atoms with Crippen molar-refractivity contribution in [1.29, 1.82) is 0 Å². The van der Waals surface area contributed by atoms with Gasteiger partial charge in [-0.25, -0.2) is 0 Å². The van der Waals surface area contributed by atoms with E-state index in [2.05, 4.69) is 0 Å².